The van der Waals surface area contributed by atoms with Crippen LogP contribution in [0.2, 0.25) is 0 Å². The summed E-state index contributed by atoms with van der Waals surface area (Å²) in [7, 11) is 0. The van der Waals surface area contributed by atoms with Gasteiger partial charge >= 0.3 is 0 Å². The van der Waals surface area contributed by atoms with Crippen LogP contribution in [0.3, 0.4) is 0 Å². The maximum atomic E-state index is 3.75. The third-order valence-corrected chi connectivity index (χ3v) is 5.38. The van der Waals surface area contributed by atoms with E-state index in [0.717, 1.165) is 25.0 Å². The summed E-state index contributed by atoms with van der Waals surface area (Å²) in [6.45, 7) is 5.57. The first-order valence-electron chi connectivity index (χ1n) is 8.03. The average Bonchev–Trinajstić information content (AvgIpc) is 3.20. The molecule has 110 valence electrons. The second kappa shape index (κ2) is 6.48. The molecule has 3 rings (SSSR count). The van der Waals surface area contributed by atoms with Crippen molar-refractivity contribution in [2.45, 2.75) is 51.6 Å². The molecular weight excluding hydrogens is 312 g/mol. The van der Waals surface area contributed by atoms with Crippen LogP contribution in [-0.2, 0) is 6.54 Å². The van der Waals surface area contributed by atoms with E-state index in [4.69, 9.17) is 0 Å². The van der Waals surface area contributed by atoms with Gasteiger partial charge in [0.1, 0.15) is 0 Å². The van der Waals surface area contributed by atoms with Crippen LogP contribution in [0.1, 0.15) is 44.6 Å². The number of nitrogens with one attached hydrogen (secondary N) is 1. The maximum absolute atomic E-state index is 3.75. The Kier molecular flexibility index (Phi) is 4.67. The Hall–Kier alpha value is -0.540. The predicted octanol–water partition coefficient (Wildman–Crippen LogP) is 4.33. The molecule has 0 bridgehead atoms. The van der Waals surface area contributed by atoms with E-state index < -0.39 is 0 Å². The molecular formula is C17H25BrN2. The highest BCUT2D eigenvalue weighted by Crippen LogP contribution is 2.31. The lowest BCUT2D eigenvalue weighted by molar-refractivity contribution is 0.318. The summed E-state index contributed by atoms with van der Waals surface area (Å²) < 4.78 is 1.25. The van der Waals surface area contributed by atoms with Gasteiger partial charge in [0, 0.05) is 35.8 Å². The van der Waals surface area contributed by atoms with E-state index in [0.29, 0.717) is 0 Å². The molecule has 0 radical (unpaired) electrons. The second-order valence-electron chi connectivity index (χ2n) is 6.27. The molecule has 0 amide bonds. The maximum Gasteiger partial charge on any atom is 0.0377 e. The van der Waals surface area contributed by atoms with Gasteiger partial charge in [-0.2, -0.15) is 0 Å². The van der Waals surface area contributed by atoms with Crippen LogP contribution in [-0.4, -0.2) is 19.1 Å². The second-order valence-corrected chi connectivity index (χ2v) is 7.12. The summed E-state index contributed by atoms with van der Waals surface area (Å²) >= 11 is 3.75. The lowest BCUT2D eigenvalue weighted by Gasteiger charge is -2.33. The summed E-state index contributed by atoms with van der Waals surface area (Å²) in [6, 6.07) is 7.63. The van der Waals surface area contributed by atoms with Gasteiger partial charge < -0.3 is 10.2 Å². The van der Waals surface area contributed by atoms with Crippen molar-refractivity contribution in [3.63, 3.8) is 0 Å². The first-order chi connectivity index (χ1) is 9.76. The number of hydrogen-bond acceptors (Lipinski definition) is 2. The number of hydrogen-bond donors (Lipinski definition) is 1. The van der Waals surface area contributed by atoms with E-state index in [1.807, 2.05) is 0 Å². The van der Waals surface area contributed by atoms with E-state index >= 15 is 0 Å². The van der Waals surface area contributed by atoms with Gasteiger partial charge in [0.15, 0.2) is 0 Å². The number of anilines is 1. The van der Waals surface area contributed by atoms with Crippen LogP contribution in [0.25, 0.3) is 0 Å². The van der Waals surface area contributed by atoms with Crippen molar-refractivity contribution in [2.24, 2.45) is 5.92 Å². The lowest BCUT2D eigenvalue weighted by Crippen LogP contribution is -2.32. The van der Waals surface area contributed by atoms with Crippen LogP contribution in [0.15, 0.2) is 22.7 Å². The first kappa shape index (κ1) is 14.4. The number of nitrogens with zero attached hydrogens (tertiary/aromatic N) is 1. The van der Waals surface area contributed by atoms with Gasteiger partial charge in [-0.3, -0.25) is 0 Å². The van der Waals surface area contributed by atoms with Crippen LogP contribution in [0.4, 0.5) is 5.69 Å². The third-order valence-electron chi connectivity index (χ3n) is 4.65. The summed E-state index contributed by atoms with van der Waals surface area (Å²) in [6.07, 6.45) is 6.96. The van der Waals surface area contributed by atoms with Crippen LogP contribution in [0, 0.1) is 5.92 Å². The molecule has 2 nitrogen and oxygen atoms in total. The SMILES string of the molecule is CCN(CC1CCC1)c1ccc(CNC2CC2)c(Br)c1. The van der Waals surface area contributed by atoms with Gasteiger partial charge in [0.25, 0.3) is 0 Å². The van der Waals surface area contributed by atoms with Crippen LogP contribution in [0.5, 0.6) is 0 Å². The van der Waals surface area contributed by atoms with Gasteiger partial charge in [-0.05, 0) is 56.2 Å². The summed E-state index contributed by atoms with van der Waals surface area (Å²) in [5, 5.41) is 3.58. The van der Waals surface area contributed by atoms with Gasteiger partial charge in [-0.1, -0.05) is 28.4 Å². The molecule has 1 N–H and O–H groups in total. The molecule has 0 saturated heterocycles. The highest BCUT2D eigenvalue weighted by atomic mass is 79.9. The molecule has 20 heavy (non-hydrogen) atoms. The van der Waals surface area contributed by atoms with Crippen molar-refractivity contribution < 1.29 is 0 Å². The van der Waals surface area contributed by atoms with Crippen molar-refractivity contribution in [2.75, 3.05) is 18.0 Å². The standard InChI is InChI=1S/C17H25BrN2/c1-2-20(12-13-4-3-5-13)16-9-6-14(17(18)10-16)11-19-15-7-8-15/h6,9-10,13,15,19H,2-5,7-8,11-12H2,1H3. The predicted molar refractivity (Wildman–Crippen MR) is 89.2 cm³/mol. The summed E-state index contributed by atoms with van der Waals surface area (Å²) in [5.41, 5.74) is 2.74. The lowest BCUT2D eigenvalue weighted by atomic mass is 9.85. The van der Waals surface area contributed by atoms with Crippen molar-refractivity contribution >= 4 is 21.6 Å². The van der Waals surface area contributed by atoms with E-state index in [2.05, 4.69) is 51.3 Å². The fourth-order valence-corrected chi connectivity index (χ4v) is 3.33. The van der Waals surface area contributed by atoms with Crippen LogP contribution < -0.4 is 10.2 Å². The Labute approximate surface area is 131 Å². The molecule has 2 aliphatic rings. The Morgan fingerprint density at radius 3 is 2.60 bits per heavy atom. The van der Waals surface area contributed by atoms with Crippen molar-refractivity contribution in [1.82, 2.24) is 5.32 Å². The fraction of sp³-hybridized carbons (Fsp3) is 0.647. The highest BCUT2D eigenvalue weighted by Gasteiger charge is 2.22. The Morgan fingerprint density at radius 1 is 1.25 bits per heavy atom. The molecule has 2 fully saturated rings. The number of rotatable bonds is 7. The molecule has 0 aliphatic heterocycles. The van der Waals surface area contributed by atoms with E-state index in [9.17, 15) is 0 Å². The minimum atomic E-state index is 0.771. The molecule has 2 saturated carbocycles. The smallest absolute Gasteiger partial charge is 0.0377 e. The van der Waals surface area contributed by atoms with Crippen molar-refractivity contribution in [1.29, 1.82) is 0 Å². The molecule has 0 heterocycles. The monoisotopic (exact) mass is 336 g/mol. The van der Waals surface area contributed by atoms with Gasteiger partial charge in [0.05, 0.1) is 0 Å². The van der Waals surface area contributed by atoms with E-state index in [1.165, 1.54) is 54.4 Å². The molecule has 3 heteroatoms. The van der Waals surface area contributed by atoms with Gasteiger partial charge in [-0.25, -0.2) is 0 Å². The Bertz CT molecular complexity index is 452. The van der Waals surface area contributed by atoms with E-state index in [1.54, 1.807) is 0 Å². The van der Waals surface area contributed by atoms with Gasteiger partial charge in [0.2, 0.25) is 0 Å². The van der Waals surface area contributed by atoms with Crippen LogP contribution >= 0.6 is 15.9 Å². The quantitative estimate of drug-likeness (QED) is 0.797. The summed E-state index contributed by atoms with van der Waals surface area (Å²) in [4.78, 5) is 2.52. The molecule has 0 unspecified atom stereocenters. The van der Waals surface area contributed by atoms with Crippen molar-refractivity contribution in [3.05, 3.63) is 28.2 Å². The third kappa shape index (κ3) is 3.56. The van der Waals surface area contributed by atoms with E-state index in [-0.39, 0.29) is 0 Å². The molecule has 1 aromatic rings. The molecule has 1 aromatic carbocycles. The Morgan fingerprint density at radius 2 is 2.05 bits per heavy atom. The average molecular weight is 337 g/mol. The van der Waals surface area contributed by atoms with Gasteiger partial charge in [-0.15, -0.1) is 0 Å². The largest absolute Gasteiger partial charge is 0.372 e. The molecule has 0 spiro atoms. The summed E-state index contributed by atoms with van der Waals surface area (Å²) in [5.74, 6) is 0.921. The van der Waals surface area contributed by atoms with Crippen molar-refractivity contribution in [3.8, 4) is 0 Å². The zero-order valence-corrected chi connectivity index (χ0v) is 14.0. The minimum Gasteiger partial charge on any atom is -0.372 e. The number of benzene rings is 1. The highest BCUT2D eigenvalue weighted by molar-refractivity contribution is 9.10. The molecule has 0 atom stereocenters. The Balaban J connectivity index is 1.63. The molecule has 2 aliphatic carbocycles. The number of halogens is 1. The fourth-order valence-electron chi connectivity index (χ4n) is 2.82. The molecule has 0 aromatic heterocycles. The normalized spacial score (nSPS) is 18.9. The zero-order chi connectivity index (χ0) is 13.9. The zero-order valence-electron chi connectivity index (χ0n) is 12.4. The minimum absolute atomic E-state index is 0.771. The topological polar surface area (TPSA) is 15.3 Å². The first-order valence-corrected chi connectivity index (χ1v) is 8.82.